The summed E-state index contributed by atoms with van der Waals surface area (Å²) in [6.07, 6.45) is 5.39. The molecule has 112 valence electrons. The Bertz CT molecular complexity index is 425. The van der Waals surface area contributed by atoms with E-state index < -0.39 is 0 Å². The van der Waals surface area contributed by atoms with E-state index in [4.69, 9.17) is 5.73 Å². The van der Waals surface area contributed by atoms with Gasteiger partial charge in [0.15, 0.2) is 0 Å². The summed E-state index contributed by atoms with van der Waals surface area (Å²) in [7, 11) is 0. The second-order valence-corrected chi connectivity index (χ2v) is 6.45. The van der Waals surface area contributed by atoms with Gasteiger partial charge in [-0.1, -0.05) is 44.9 Å². The predicted molar refractivity (Wildman–Crippen MR) is 86.6 cm³/mol. The molecule has 2 heteroatoms. The highest BCUT2D eigenvalue weighted by Gasteiger charge is 2.31. The zero-order chi connectivity index (χ0) is 14.6. The molecule has 0 amide bonds. The first-order valence-corrected chi connectivity index (χ1v) is 8.13. The molecule has 2 rings (SSSR count). The van der Waals surface area contributed by atoms with E-state index in [1.807, 2.05) is 0 Å². The highest BCUT2D eigenvalue weighted by molar-refractivity contribution is 5.31. The maximum atomic E-state index is 5.70. The van der Waals surface area contributed by atoms with E-state index in [0.717, 1.165) is 6.54 Å². The Labute approximate surface area is 124 Å². The van der Waals surface area contributed by atoms with Gasteiger partial charge in [-0.05, 0) is 55.0 Å². The van der Waals surface area contributed by atoms with Crippen LogP contribution in [0, 0.1) is 12.3 Å². The number of benzene rings is 1. The lowest BCUT2D eigenvalue weighted by atomic mass is 9.74. The van der Waals surface area contributed by atoms with E-state index in [2.05, 4.69) is 43.9 Å². The fraction of sp³-hybridized carbons (Fsp3) is 0.667. The van der Waals surface area contributed by atoms with Crippen molar-refractivity contribution in [3.05, 3.63) is 34.9 Å². The zero-order valence-electron chi connectivity index (χ0n) is 13.4. The zero-order valence-corrected chi connectivity index (χ0v) is 13.4. The molecular formula is C18H30N2. The van der Waals surface area contributed by atoms with Crippen LogP contribution in [0.3, 0.4) is 0 Å². The number of hydrogen-bond acceptors (Lipinski definition) is 2. The van der Waals surface area contributed by atoms with E-state index in [9.17, 15) is 0 Å². The molecule has 1 aliphatic heterocycles. The van der Waals surface area contributed by atoms with Gasteiger partial charge in [0.2, 0.25) is 0 Å². The molecule has 1 aliphatic rings. The summed E-state index contributed by atoms with van der Waals surface area (Å²) in [5.41, 5.74) is 10.4. The van der Waals surface area contributed by atoms with Crippen molar-refractivity contribution >= 4 is 0 Å². The minimum atomic E-state index is 0.620. The third-order valence-corrected chi connectivity index (χ3v) is 5.45. The van der Waals surface area contributed by atoms with Crippen LogP contribution in [-0.2, 0) is 13.1 Å². The van der Waals surface area contributed by atoms with E-state index in [1.165, 1.54) is 55.5 Å². The summed E-state index contributed by atoms with van der Waals surface area (Å²) < 4.78 is 0. The normalized spacial score (nSPS) is 19.2. The first-order chi connectivity index (χ1) is 9.62. The van der Waals surface area contributed by atoms with E-state index in [-0.39, 0.29) is 0 Å². The van der Waals surface area contributed by atoms with Gasteiger partial charge in [0.25, 0.3) is 0 Å². The number of piperidine rings is 1. The molecule has 1 heterocycles. The van der Waals surface area contributed by atoms with E-state index >= 15 is 0 Å². The highest BCUT2D eigenvalue weighted by Crippen LogP contribution is 2.38. The van der Waals surface area contributed by atoms with Crippen molar-refractivity contribution in [1.82, 2.24) is 4.90 Å². The first kappa shape index (κ1) is 15.5. The van der Waals surface area contributed by atoms with Crippen LogP contribution < -0.4 is 5.73 Å². The molecule has 2 nitrogen and oxygen atoms in total. The standard InChI is InChI=1S/C18H30N2/c1-4-18(5-2)8-10-20(11-9-18)14-17-7-6-16(13-19)12-15(17)3/h6-7,12H,4-5,8-11,13-14,19H2,1-3H3. The van der Waals surface area contributed by atoms with Crippen molar-refractivity contribution in [2.45, 2.75) is 59.5 Å². The molecule has 0 saturated carbocycles. The molecule has 0 radical (unpaired) electrons. The molecule has 0 unspecified atom stereocenters. The molecule has 1 fully saturated rings. The molecule has 0 aliphatic carbocycles. The summed E-state index contributed by atoms with van der Waals surface area (Å²) in [6.45, 7) is 11.2. The largest absolute Gasteiger partial charge is 0.326 e. The lowest BCUT2D eigenvalue weighted by Gasteiger charge is -2.41. The molecule has 2 N–H and O–H groups in total. The Morgan fingerprint density at radius 1 is 1.15 bits per heavy atom. The van der Waals surface area contributed by atoms with Crippen LogP contribution in [0.15, 0.2) is 18.2 Å². The monoisotopic (exact) mass is 274 g/mol. The first-order valence-electron chi connectivity index (χ1n) is 8.13. The van der Waals surface area contributed by atoms with Gasteiger partial charge in [-0.2, -0.15) is 0 Å². The fourth-order valence-corrected chi connectivity index (χ4v) is 3.45. The number of nitrogens with two attached hydrogens (primary N) is 1. The quantitative estimate of drug-likeness (QED) is 0.883. The SMILES string of the molecule is CCC1(CC)CCN(Cc2ccc(CN)cc2C)CC1. The van der Waals surface area contributed by atoms with Crippen molar-refractivity contribution in [3.63, 3.8) is 0 Å². The number of likely N-dealkylation sites (tertiary alicyclic amines) is 1. The van der Waals surface area contributed by atoms with Gasteiger partial charge in [0.05, 0.1) is 0 Å². The Kier molecular flexibility index (Phi) is 5.22. The minimum Gasteiger partial charge on any atom is -0.326 e. The van der Waals surface area contributed by atoms with Crippen molar-refractivity contribution in [2.24, 2.45) is 11.1 Å². The molecule has 1 aromatic carbocycles. The summed E-state index contributed by atoms with van der Waals surface area (Å²) in [4.78, 5) is 2.62. The Hall–Kier alpha value is -0.860. The Balaban J connectivity index is 1.96. The third-order valence-electron chi connectivity index (χ3n) is 5.45. The minimum absolute atomic E-state index is 0.620. The maximum Gasteiger partial charge on any atom is 0.0236 e. The summed E-state index contributed by atoms with van der Waals surface area (Å²) >= 11 is 0. The molecule has 1 aromatic rings. The highest BCUT2D eigenvalue weighted by atomic mass is 15.1. The Morgan fingerprint density at radius 3 is 2.30 bits per heavy atom. The van der Waals surface area contributed by atoms with Crippen LogP contribution >= 0.6 is 0 Å². The van der Waals surface area contributed by atoms with Gasteiger partial charge in [-0.3, -0.25) is 4.90 Å². The molecular weight excluding hydrogens is 244 g/mol. The summed E-state index contributed by atoms with van der Waals surface area (Å²) in [5, 5.41) is 0. The average molecular weight is 274 g/mol. The van der Waals surface area contributed by atoms with E-state index in [0.29, 0.717) is 12.0 Å². The molecule has 20 heavy (non-hydrogen) atoms. The van der Waals surface area contributed by atoms with Gasteiger partial charge in [-0.15, -0.1) is 0 Å². The van der Waals surface area contributed by atoms with Crippen LogP contribution in [-0.4, -0.2) is 18.0 Å². The topological polar surface area (TPSA) is 29.3 Å². The van der Waals surface area contributed by atoms with Crippen LogP contribution in [0.4, 0.5) is 0 Å². The van der Waals surface area contributed by atoms with E-state index in [1.54, 1.807) is 0 Å². The van der Waals surface area contributed by atoms with Crippen molar-refractivity contribution in [1.29, 1.82) is 0 Å². The number of aryl methyl sites for hydroxylation is 1. The van der Waals surface area contributed by atoms with Gasteiger partial charge < -0.3 is 5.73 Å². The van der Waals surface area contributed by atoms with Gasteiger partial charge >= 0.3 is 0 Å². The smallest absolute Gasteiger partial charge is 0.0236 e. The van der Waals surface area contributed by atoms with Crippen molar-refractivity contribution < 1.29 is 0 Å². The van der Waals surface area contributed by atoms with Crippen molar-refractivity contribution in [3.8, 4) is 0 Å². The van der Waals surface area contributed by atoms with Crippen LogP contribution in [0.1, 0.15) is 56.2 Å². The molecule has 1 saturated heterocycles. The van der Waals surface area contributed by atoms with Gasteiger partial charge in [-0.25, -0.2) is 0 Å². The molecule has 0 aromatic heterocycles. The summed E-state index contributed by atoms with van der Waals surface area (Å²) in [6, 6.07) is 6.68. The fourth-order valence-electron chi connectivity index (χ4n) is 3.45. The second-order valence-electron chi connectivity index (χ2n) is 6.45. The summed E-state index contributed by atoms with van der Waals surface area (Å²) in [5.74, 6) is 0. The predicted octanol–water partition coefficient (Wildman–Crippen LogP) is 3.86. The van der Waals surface area contributed by atoms with Gasteiger partial charge in [0.1, 0.15) is 0 Å². The molecule has 0 bridgehead atoms. The number of rotatable bonds is 5. The maximum absolute atomic E-state index is 5.70. The van der Waals surface area contributed by atoms with Gasteiger partial charge in [0, 0.05) is 13.1 Å². The second kappa shape index (κ2) is 6.73. The number of hydrogen-bond donors (Lipinski definition) is 1. The third kappa shape index (κ3) is 3.42. The lowest BCUT2D eigenvalue weighted by Crippen LogP contribution is -2.39. The molecule has 0 atom stereocenters. The lowest BCUT2D eigenvalue weighted by molar-refractivity contribution is 0.0908. The van der Waals surface area contributed by atoms with Crippen LogP contribution in [0.25, 0.3) is 0 Å². The molecule has 0 spiro atoms. The van der Waals surface area contributed by atoms with Crippen LogP contribution in [0.5, 0.6) is 0 Å². The Morgan fingerprint density at radius 2 is 1.80 bits per heavy atom. The average Bonchev–Trinajstić information content (AvgIpc) is 2.50. The van der Waals surface area contributed by atoms with Crippen LogP contribution in [0.2, 0.25) is 0 Å². The van der Waals surface area contributed by atoms with Crippen molar-refractivity contribution in [2.75, 3.05) is 13.1 Å². The number of nitrogens with zero attached hydrogens (tertiary/aromatic N) is 1.